The molecular weight excluding hydrogens is 486 g/mol. The van der Waals surface area contributed by atoms with Crippen molar-refractivity contribution in [2.45, 2.75) is 19.5 Å². The van der Waals surface area contributed by atoms with E-state index in [0.717, 1.165) is 16.8 Å². The third kappa shape index (κ3) is 5.93. The molecule has 0 fully saturated rings. The van der Waals surface area contributed by atoms with E-state index < -0.39 is 5.82 Å². The molecule has 0 saturated heterocycles. The summed E-state index contributed by atoms with van der Waals surface area (Å²) in [4.78, 5) is 8.69. The lowest BCUT2D eigenvalue weighted by atomic mass is 10.1. The molecule has 0 radical (unpaired) electrons. The Hall–Kier alpha value is -2.62. The van der Waals surface area contributed by atoms with Gasteiger partial charge in [-0.25, -0.2) is 9.37 Å². The van der Waals surface area contributed by atoms with E-state index in [4.69, 9.17) is 9.15 Å². The molecule has 0 aliphatic heterocycles. The summed E-state index contributed by atoms with van der Waals surface area (Å²) in [6.45, 7) is 2.37. The van der Waals surface area contributed by atoms with Gasteiger partial charge < -0.3 is 19.8 Å². The van der Waals surface area contributed by atoms with Gasteiger partial charge in [-0.2, -0.15) is 0 Å². The van der Waals surface area contributed by atoms with E-state index in [1.165, 1.54) is 13.2 Å². The number of halogens is 2. The van der Waals surface area contributed by atoms with Crippen molar-refractivity contribution >= 4 is 29.9 Å². The van der Waals surface area contributed by atoms with Crippen LogP contribution in [0.25, 0.3) is 11.5 Å². The largest absolute Gasteiger partial charge is 0.494 e. The summed E-state index contributed by atoms with van der Waals surface area (Å²) in [6.07, 6.45) is 1.62. The quantitative estimate of drug-likeness (QED) is 0.290. The molecule has 6 nitrogen and oxygen atoms in total. The topological polar surface area (TPSA) is 71.7 Å². The molecule has 1 heterocycles. The van der Waals surface area contributed by atoms with E-state index in [1.807, 2.05) is 43.3 Å². The Labute approximate surface area is 186 Å². The number of hydrogen-bond acceptors (Lipinski definition) is 4. The third-order valence-electron chi connectivity index (χ3n) is 4.26. The maximum atomic E-state index is 13.9. The molecule has 3 rings (SSSR count). The van der Waals surface area contributed by atoms with Crippen molar-refractivity contribution in [3.8, 4) is 17.2 Å². The van der Waals surface area contributed by atoms with Crippen LogP contribution < -0.4 is 15.4 Å². The molecule has 1 aromatic heterocycles. The molecule has 3 aromatic rings. The Bertz CT molecular complexity index is 947. The number of aromatic nitrogens is 1. The van der Waals surface area contributed by atoms with Crippen molar-refractivity contribution in [3.05, 3.63) is 71.9 Å². The summed E-state index contributed by atoms with van der Waals surface area (Å²) >= 11 is 0. The first-order valence-corrected chi connectivity index (χ1v) is 8.91. The minimum Gasteiger partial charge on any atom is -0.494 e. The maximum Gasteiger partial charge on any atom is 0.226 e. The van der Waals surface area contributed by atoms with Crippen LogP contribution in [0.4, 0.5) is 4.39 Å². The number of aliphatic imine (C=N–C) groups is 1. The van der Waals surface area contributed by atoms with Crippen LogP contribution in [0.3, 0.4) is 0 Å². The molecule has 0 aliphatic carbocycles. The first kappa shape index (κ1) is 22.7. The van der Waals surface area contributed by atoms with Gasteiger partial charge in [0.2, 0.25) is 5.89 Å². The van der Waals surface area contributed by atoms with Gasteiger partial charge in [-0.3, -0.25) is 4.99 Å². The van der Waals surface area contributed by atoms with Gasteiger partial charge >= 0.3 is 0 Å². The van der Waals surface area contributed by atoms with E-state index in [1.54, 1.807) is 19.4 Å². The normalized spacial score (nSPS) is 12.1. The molecule has 29 heavy (non-hydrogen) atoms. The predicted molar refractivity (Wildman–Crippen MR) is 122 cm³/mol. The van der Waals surface area contributed by atoms with Crippen LogP contribution >= 0.6 is 24.0 Å². The summed E-state index contributed by atoms with van der Waals surface area (Å²) in [7, 11) is 3.12. The second kappa shape index (κ2) is 10.8. The number of oxazole rings is 1. The van der Waals surface area contributed by atoms with E-state index >= 15 is 0 Å². The molecule has 1 atom stereocenters. The lowest BCUT2D eigenvalue weighted by Gasteiger charge is -2.18. The van der Waals surface area contributed by atoms with E-state index in [2.05, 4.69) is 20.6 Å². The van der Waals surface area contributed by atoms with E-state index in [9.17, 15) is 4.39 Å². The number of nitrogens with zero attached hydrogens (tertiary/aromatic N) is 2. The van der Waals surface area contributed by atoms with Crippen LogP contribution in [-0.4, -0.2) is 25.1 Å². The van der Waals surface area contributed by atoms with E-state index in [-0.39, 0.29) is 35.8 Å². The molecular formula is C21H24FIN4O2. The van der Waals surface area contributed by atoms with Crippen molar-refractivity contribution in [1.29, 1.82) is 0 Å². The van der Waals surface area contributed by atoms with Gasteiger partial charge in [0.1, 0.15) is 6.26 Å². The zero-order valence-electron chi connectivity index (χ0n) is 16.5. The Balaban J connectivity index is 0.00000300. The lowest BCUT2D eigenvalue weighted by Crippen LogP contribution is -2.38. The van der Waals surface area contributed by atoms with E-state index in [0.29, 0.717) is 18.4 Å². The lowest BCUT2D eigenvalue weighted by molar-refractivity contribution is 0.386. The Morgan fingerprint density at radius 1 is 1.24 bits per heavy atom. The molecule has 154 valence electrons. The molecule has 1 unspecified atom stereocenters. The highest BCUT2D eigenvalue weighted by Crippen LogP contribution is 2.22. The molecule has 2 aromatic carbocycles. The zero-order chi connectivity index (χ0) is 19.9. The third-order valence-corrected chi connectivity index (χ3v) is 4.26. The first-order chi connectivity index (χ1) is 13.6. The molecule has 0 aliphatic rings. The maximum absolute atomic E-state index is 13.9. The fourth-order valence-corrected chi connectivity index (χ4v) is 2.71. The smallest absolute Gasteiger partial charge is 0.226 e. The standard InChI is InChI=1S/C21H23FN4O2.HI/c1-14(16-9-10-19(27-3)18(22)11-16)25-21(23-2)24-12-17-13-28-20(26-17)15-7-5-4-6-8-15;/h4-11,13-14H,12H2,1-3H3,(H2,23,24,25);1H. The average Bonchev–Trinajstić information content (AvgIpc) is 3.20. The van der Waals surface area contributed by atoms with Crippen LogP contribution in [0.15, 0.2) is 64.2 Å². The molecule has 2 N–H and O–H groups in total. The van der Waals surface area contributed by atoms with Gasteiger partial charge in [-0.15, -0.1) is 24.0 Å². The summed E-state index contributed by atoms with van der Waals surface area (Å²) < 4.78 is 24.4. The monoisotopic (exact) mass is 510 g/mol. The number of rotatable bonds is 6. The van der Waals surface area contributed by atoms with Gasteiger partial charge in [-0.1, -0.05) is 24.3 Å². The van der Waals surface area contributed by atoms with Crippen molar-refractivity contribution in [1.82, 2.24) is 15.6 Å². The summed E-state index contributed by atoms with van der Waals surface area (Å²) in [5.41, 5.74) is 2.46. The highest BCUT2D eigenvalue weighted by Gasteiger charge is 2.12. The fourth-order valence-electron chi connectivity index (χ4n) is 2.71. The highest BCUT2D eigenvalue weighted by atomic mass is 127. The van der Waals surface area contributed by atoms with Crippen molar-refractivity contribution in [2.24, 2.45) is 4.99 Å². The molecule has 0 bridgehead atoms. The second-order valence-corrected chi connectivity index (χ2v) is 6.20. The van der Waals surface area contributed by atoms with Crippen LogP contribution in [0.5, 0.6) is 5.75 Å². The van der Waals surface area contributed by atoms with Gasteiger partial charge in [0.15, 0.2) is 17.5 Å². The highest BCUT2D eigenvalue weighted by molar-refractivity contribution is 14.0. The van der Waals surface area contributed by atoms with Gasteiger partial charge in [-0.05, 0) is 36.8 Å². The van der Waals surface area contributed by atoms with Gasteiger partial charge in [0, 0.05) is 12.6 Å². The molecule has 0 spiro atoms. The number of ether oxygens (including phenoxy) is 1. The minimum absolute atomic E-state index is 0. The predicted octanol–water partition coefficient (Wildman–Crippen LogP) is 4.53. The van der Waals surface area contributed by atoms with Gasteiger partial charge in [0.25, 0.3) is 0 Å². The number of hydrogen-bond donors (Lipinski definition) is 2. The van der Waals surface area contributed by atoms with Crippen molar-refractivity contribution in [2.75, 3.05) is 14.2 Å². The minimum atomic E-state index is -0.396. The van der Waals surface area contributed by atoms with Gasteiger partial charge in [0.05, 0.1) is 25.4 Å². The summed E-state index contributed by atoms with van der Waals surface area (Å²) in [5, 5.41) is 6.42. The zero-order valence-corrected chi connectivity index (χ0v) is 18.8. The molecule has 0 saturated carbocycles. The number of methoxy groups -OCH3 is 1. The number of benzene rings is 2. The van der Waals surface area contributed by atoms with Crippen LogP contribution in [0, 0.1) is 5.82 Å². The Morgan fingerprint density at radius 3 is 2.66 bits per heavy atom. The molecule has 8 heteroatoms. The van der Waals surface area contributed by atoms with Crippen LogP contribution in [0.2, 0.25) is 0 Å². The molecule has 0 amide bonds. The average molecular weight is 510 g/mol. The van der Waals surface area contributed by atoms with Crippen molar-refractivity contribution < 1.29 is 13.5 Å². The summed E-state index contributed by atoms with van der Waals surface area (Å²) in [6, 6.07) is 14.4. The van der Waals surface area contributed by atoms with Crippen LogP contribution in [-0.2, 0) is 6.54 Å². The number of nitrogens with one attached hydrogen (secondary N) is 2. The Kier molecular flexibility index (Phi) is 8.44. The number of guanidine groups is 1. The second-order valence-electron chi connectivity index (χ2n) is 6.20. The Morgan fingerprint density at radius 2 is 2.00 bits per heavy atom. The SMILES string of the molecule is CN=C(NCc1coc(-c2ccccc2)n1)NC(C)c1ccc(OC)c(F)c1.I. The van der Waals surface area contributed by atoms with Crippen molar-refractivity contribution in [3.63, 3.8) is 0 Å². The summed E-state index contributed by atoms with van der Waals surface area (Å²) in [5.74, 6) is 0.974. The van der Waals surface area contributed by atoms with Crippen LogP contribution in [0.1, 0.15) is 24.2 Å². The first-order valence-electron chi connectivity index (χ1n) is 8.91. The fraction of sp³-hybridized carbons (Fsp3) is 0.238.